The molecular formula is C18H20FN3O. The molecule has 0 radical (unpaired) electrons. The molecule has 2 aromatic rings. The van der Waals surface area contributed by atoms with Crippen LogP contribution in [0.1, 0.15) is 19.8 Å². The SMILES string of the molecule is CC(=O)NC1CCN(c2ccc(-c3ccccc3F)cn2)CC1. The van der Waals surface area contributed by atoms with Crippen molar-refractivity contribution in [1.29, 1.82) is 0 Å². The molecular weight excluding hydrogens is 293 g/mol. The summed E-state index contributed by atoms with van der Waals surface area (Å²) in [7, 11) is 0. The summed E-state index contributed by atoms with van der Waals surface area (Å²) in [4.78, 5) is 17.8. The molecule has 1 saturated heterocycles. The highest BCUT2D eigenvalue weighted by Gasteiger charge is 2.20. The van der Waals surface area contributed by atoms with Gasteiger partial charge in [-0.05, 0) is 31.0 Å². The van der Waals surface area contributed by atoms with Crippen LogP contribution in [0.4, 0.5) is 10.2 Å². The molecule has 4 nitrogen and oxygen atoms in total. The molecule has 23 heavy (non-hydrogen) atoms. The summed E-state index contributed by atoms with van der Waals surface area (Å²) >= 11 is 0. The van der Waals surface area contributed by atoms with Gasteiger partial charge < -0.3 is 10.2 Å². The van der Waals surface area contributed by atoms with E-state index in [2.05, 4.69) is 15.2 Å². The lowest BCUT2D eigenvalue weighted by molar-refractivity contribution is -0.119. The number of anilines is 1. The fourth-order valence-corrected chi connectivity index (χ4v) is 2.97. The van der Waals surface area contributed by atoms with E-state index in [1.165, 1.54) is 6.07 Å². The Morgan fingerprint density at radius 3 is 2.57 bits per heavy atom. The molecule has 120 valence electrons. The minimum atomic E-state index is -0.238. The minimum Gasteiger partial charge on any atom is -0.356 e. The summed E-state index contributed by atoms with van der Waals surface area (Å²) in [5.74, 6) is 0.681. The Kier molecular flexibility index (Phi) is 4.55. The first-order valence-electron chi connectivity index (χ1n) is 7.86. The maximum absolute atomic E-state index is 13.8. The third-order valence-electron chi connectivity index (χ3n) is 4.16. The van der Waals surface area contributed by atoms with Gasteiger partial charge in [0.25, 0.3) is 0 Å². The Balaban J connectivity index is 1.67. The Labute approximate surface area is 135 Å². The number of benzene rings is 1. The standard InChI is InChI=1S/C18H20FN3O/c1-13(23)21-15-8-10-22(11-9-15)18-7-6-14(12-20-18)16-4-2-3-5-17(16)19/h2-7,12,15H,8-11H2,1H3,(H,21,23). The summed E-state index contributed by atoms with van der Waals surface area (Å²) in [5, 5.41) is 2.96. The van der Waals surface area contributed by atoms with E-state index in [-0.39, 0.29) is 17.8 Å². The molecule has 1 aliphatic rings. The quantitative estimate of drug-likeness (QED) is 0.947. The summed E-state index contributed by atoms with van der Waals surface area (Å²) in [5.41, 5.74) is 1.34. The molecule has 1 N–H and O–H groups in total. The van der Waals surface area contributed by atoms with Gasteiger partial charge in [0.15, 0.2) is 0 Å². The number of carbonyl (C=O) groups excluding carboxylic acids is 1. The number of amides is 1. The molecule has 0 atom stereocenters. The van der Waals surface area contributed by atoms with Crippen molar-refractivity contribution in [1.82, 2.24) is 10.3 Å². The Bertz CT molecular complexity index is 679. The maximum Gasteiger partial charge on any atom is 0.217 e. The Morgan fingerprint density at radius 1 is 1.22 bits per heavy atom. The van der Waals surface area contributed by atoms with Crippen molar-refractivity contribution in [3.05, 3.63) is 48.4 Å². The third-order valence-corrected chi connectivity index (χ3v) is 4.16. The lowest BCUT2D eigenvalue weighted by Crippen LogP contribution is -2.44. The molecule has 1 aliphatic heterocycles. The lowest BCUT2D eigenvalue weighted by atomic mass is 10.0. The van der Waals surface area contributed by atoms with Crippen LogP contribution in [0.5, 0.6) is 0 Å². The molecule has 0 spiro atoms. The normalized spacial score (nSPS) is 15.5. The zero-order valence-corrected chi connectivity index (χ0v) is 13.1. The highest BCUT2D eigenvalue weighted by molar-refractivity contribution is 5.73. The van der Waals surface area contributed by atoms with Crippen LogP contribution >= 0.6 is 0 Å². The van der Waals surface area contributed by atoms with Gasteiger partial charge in [-0.3, -0.25) is 4.79 Å². The minimum absolute atomic E-state index is 0.0239. The van der Waals surface area contributed by atoms with E-state index < -0.39 is 0 Å². The van der Waals surface area contributed by atoms with Crippen LogP contribution in [0, 0.1) is 5.82 Å². The first kappa shape index (κ1) is 15.5. The molecule has 5 heteroatoms. The number of hydrogen-bond donors (Lipinski definition) is 1. The van der Waals surface area contributed by atoms with E-state index in [4.69, 9.17) is 0 Å². The number of pyridine rings is 1. The van der Waals surface area contributed by atoms with E-state index in [9.17, 15) is 9.18 Å². The Morgan fingerprint density at radius 2 is 1.96 bits per heavy atom. The number of piperidine rings is 1. The number of nitrogens with zero attached hydrogens (tertiary/aromatic N) is 2. The first-order chi connectivity index (χ1) is 11.1. The summed E-state index contributed by atoms with van der Waals surface area (Å²) < 4.78 is 13.8. The van der Waals surface area contributed by atoms with Gasteiger partial charge in [-0.1, -0.05) is 18.2 Å². The molecule has 1 amide bonds. The zero-order valence-electron chi connectivity index (χ0n) is 13.1. The van der Waals surface area contributed by atoms with Crippen molar-refractivity contribution in [2.24, 2.45) is 0 Å². The van der Waals surface area contributed by atoms with Gasteiger partial charge in [-0.15, -0.1) is 0 Å². The first-order valence-corrected chi connectivity index (χ1v) is 7.86. The lowest BCUT2D eigenvalue weighted by Gasteiger charge is -2.33. The smallest absolute Gasteiger partial charge is 0.217 e. The van der Waals surface area contributed by atoms with Gasteiger partial charge in [-0.25, -0.2) is 9.37 Å². The zero-order chi connectivity index (χ0) is 16.2. The van der Waals surface area contributed by atoms with Gasteiger partial charge in [0.05, 0.1) is 0 Å². The van der Waals surface area contributed by atoms with Crippen molar-refractivity contribution in [3.63, 3.8) is 0 Å². The summed E-state index contributed by atoms with van der Waals surface area (Å²) in [6, 6.07) is 10.8. The average Bonchev–Trinajstić information content (AvgIpc) is 2.56. The van der Waals surface area contributed by atoms with Crippen LogP contribution in [0.15, 0.2) is 42.6 Å². The van der Waals surface area contributed by atoms with Gasteiger partial charge in [0, 0.05) is 43.4 Å². The second-order valence-corrected chi connectivity index (χ2v) is 5.85. The van der Waals surface area contributed by atoms with Crippen molar-refractivity contribution in [2.75, 3.05) is 18.0 Å². The number of carbonyl (C=O) groups is 1. The van der Waals surface area contributed by atoms with E-state index in [1.54, 1.807) is 25.3 Å². The van der Waals surface area contributed by atoms with Gasteiger partial charge >= 0.3 is 0 Å². The highest BCUT2D eigenvalue weighted by atomic mass is 19.1. The number of aromatic nitrogens is 1. The fraction of sp³-hybridized carbons (Fsp3) is 0.333. The molecule has 2 heterocycles. The molecule has 0 saturated carbocycles. The van der Waals surface area contributed by atoms with Crippen LogP contribution in [0.2, 0.25) is 0 Å². The largest absolute Gasteiger partial charge is 0.356 e. The molecule has 3 rings (SSSR count). The van der Waals surface area contributed by atoms with Crippen LogP contribution in [-0.4, -0.2) is 30.0 Å². The fourth-order valence-electron chi connectivity index (χ4n) is 2.97. The molecule has 1 aromatic heterocycles. The van der Waals surface area contributed by atoms with Crippen LogP contribution < -0.4 is 10.2 Å². The summed E-state index contributed by atoms with van der Waals surface area (Å²) in [6.07, 6.45) is 3.54. The monoisotopic (exact) mass is 313 g/mol. The van der Waals surface area contributed by atoms with Gasteiger partial charge in [-0.2, -0.15) is 0 Å². The number of rotatable bonds is 3. The van der Waals surface area contributed by atoms with Gasteiger partial charge in [0.1, 0.15) is 11.6 Å². The third kappa shape index (κ3) is 3.67. The van der Waals surface area contributed by atoms with Gasteiger partial charge in [0.2, 0.25) is 5.91 Å². The second kappa shape index (κ2) is 6.77. The van der Waals surface area contributed by atoms with Crippen molar-refractivity contribution in [2.45, 2.75) is 25.8 Å². The number of halogens is 1. The predicted molar refractivity (Wildman–Crippen MR) is 88.7 cm³/mol. The topological polar surface area (TPSA) is 45.2 Å². The van der Waals surface area contributed by atoms with Crippen LogP contribution in [-0.2, 0) is 4.79 Å². The molecule has 0 aliphatic carbocycles. The van der Waals surface area contributed by atoms with Crippen molar-refractivity contribution < 1.29 is 9.18 Å². The molecule has 1 fully saturated rings. The molecule has 0 unspecified atom stereocenters. The van der Waals surface area contributed by atoms with Crippen molar-refractivity contribution in [3.8, 4) is 11.1 Å². The van der Waals surface area contributed by atoms with Crippen molar-refractivity contribution >= 4 is 11.7 Å². The number of hydrogen-bond acceptors (Lipinski definition) is 3. The van der Waals surface area contributed by atoms with E-state index in [0.29, 0.717) is 5.56 Å². The van der Waals surface area contributed by atoms with E-state index in [0.717, 1.165) is 37.3 Å². The molecule has 1 aromatic carbocycles. The maximum atomic E-state index is 13.8. The molecule has 0 bridgehead atoms. The second-order valence-electron chi connectivity index (χ2n) is 5.85. The van der Waals surface area contributed by atoms with Crippen LogP contribution in [0.3, 0.4) is 0 Å². The highest BCUT2D eigenvalue weighted by Crippen LogP contribution is 2.24. The summed E-state index contributed by atoms with van der Waals surface area (Å²) in [6.45, 7) is 3.27. The average molecular weight is 313 g/mol. The van der Waals surface area contributed by atoms with E-state index >= 15 is 0 Å². The van der Waals surface area contributed by atoms with E-state index in [1.807, 2.05) is 18.2 Å². The number of nitrogens with one attached hydrogen (secondary N) is 1. The predicted octanol–water partition coefficient (Wildman–Crippen LogP) is 2.99. The Hall–Kier alpha value is -2.43. The van der Waals surface area contributed by atoms with Crippen LogP contribution in [0.25, 0.3) is 11.1 Å².